The Morgan fingerprint density at radius 1 is 1.38 bits per heavy atom. The normalized spacial score (nSPS) is 16.7. The van der Waals surface area contributed by atoms with E-state index < -0.39 is 11.4 Å². The van der Waals surface area contributed by atoms with Crippen molar-refractivity contribution in [1.82, 2.24) is 4.98 Å². The molecule has 1 aliphatic rings. The van der Waals surface area contributed by atoms with Crippen molar-refractivity contribution in [2.45, 2.75) is 45.4 Å². The zero-order valence-electron chi connectivity index (χ0n) is 10.2. The summed E-state index contributed by atoms with van der Waals surface area (Å²) in [6.07, 6.45) is 4.16. The molecule has 1 aromatic rings. The first-order valence-corrected chi connectivity index (χ1v) is 5.82. The minimum absolute atomic E-state index is 0.687. The number of carbonyl (C=O) groups is 1. The molecule has 2 rings (SSSR count). The van der Waals surface area contributed by atoms with Crippen molar-refractivity contribution >= 4 is 5.97 Å². The van der Waals surface area contributed by atoms with Crippen LogP contribution in [0.15, 0.2) is 18.3 Å². The summed E-state index contributed by atoms with van der Waals surface area (Å²) in [6.45, 7) is 5.95. The van der Waals surface area contributed by atoms with Gasteiger partial charge in [-0.1, -0.05) is 26.3 Å². The number of aryl methyl sites for hydroxylation is 1. The topological polar surface area (TPSA) is 50.2 Å². The Morgan fingerprint density at radius 3 is 2.31 bits per heavy atom. The average Bonchev–Trinajstić information content (AvgIpc) is 2.22. The van der Waals surface area contributed by atoms with Gasteiger partial charge in [0.05, 0.1) is 5.69 Å². The standard InChI is InChI=1S/C11H13NO2.C2H6/c1-8-3-4-9(12-7-8)11(10(13)14)5-2-6-11;1-2/h3-4,7H,2,5-6H2,1H3,(H,13,14);1-2H3. The number of aliphatic carboxylic acids is 1. The van der Waals surface area contributed by atoms with Gasteiger partial charge in [0.1, 0.15) is 5.41 Å². The molecule has 0 unspecified atom stereocenters. The van der Waals surface area contributed by atoms with Crippen molar-refractivity contribution in [3.8, 4) is 0 Å². The van der Waals surface area contributed by atoms with Crippen LogP contribution >= 0.6 is 0 Å². The lowest BCUT2D eigenvalue weighted by atomic mass is 9.66. The van der Waals surface area contributed by atoms with Crippen molar-refractivity contribution in [2.75, 3.05) is 0 Å². The van der Waals surface area contributed by atoms with Crippen LogP contribution in [0.5, 0.6) is 0 Å². The maximum absolute atomic E-state index is 11.1. The minimum Gasteiger partial charge on any atom is -0.481 e. The Morgan fingerprint density at radius 2 is 2.00 bits per heavy atom. The Kier molecular flexibility index (Phi) is 4.05. The third-order valence-electron chi connectivity index (χ3n) is 3.02. The van der Waals surface area contributed by atoms with Crippen LogP contribution in [0.4, 0.5) is 0 Å². The van der Waals surface area contributed by atoms with Gasteiger partial charge in [-0.05, 0) is 31.4 Å². The lowest BCUT2D eigenvalue weighted by Crippen LogP contribution is -2.43. The predicted molar refractivity (Wildman–Crippen MR) is 63.5 cm³/mol. The van der Waals surface area contributed by atoms with Gasteiger partial charge in [0.15, 0.2) is 0 Å². The van der Waals surface area contributed by atoms with E-state index in [1.807, 2.05) is 32.9 Å². The van der Waals surface area contributed by atoms with Gasteiger partial charge in [-0.15, -0.1) is 0 Å². The summed E-state index contributed by atoms with van der Waals surface area (Å²) in [5.74, 6) is -0.736. The number of pyridine rings is 1. The van der Waals surface area contributed by atoms with Crippen molar-refractivity contribution in [1.29, 1.82) is 0 Å². The Balaban J connectivity index is 0.000000606. The number of rotatable bonds is 2. The number of carboxylic acids is 1. The summed E-state index contributed by atoms with van der Waals surface area (Å²) in [6, 6.07) is 3.76. The van der Waals surface area contributed by atoms with Gasteiger partial charge in [0.2, 0.25) is 0 Å². The first-order valence-electron chi connectivity index (χ1n) is 5.82. The Bertz CT molecular complexity index is 353. The molecule has 0 saturated heterocycles. The molecule has 0 amide bonds. The van der Waals surface area contributed by atoms with Crippen molar-refractivity contribution in [3.63, 3.8) is 0 Å². The fourth-order valence-corrected chi connectivity index (χ4v) is 1.86. The first-order chi connectivity index (χ1) is 7.65. The van der Waals surface area contributed by atoms with E-state index in [0.29, 0.717) is 5.69 Å². The predicted octanol–water partition coefficient (Wildman–Crippen LogP) is 2.92. The molecule has 1 aliphatic carbocycles. The molecule has 3 nitrogen and oxygen atoms in total. The molecule has 1 aromatic heterocycles. The summed E-state index contributed by atoms with van der Waals surface area (Å²) < 4.78 is 0. The lowest BCUT2D eigenvalue weighted by Gasteiger charge is -2.36. The second-order valence-corrected chi connectivity index (χ2v) is 3.96. The monoisotopic (exact) mass is 221 g/mol. The second-order valence-electron chi connectivity index (χ2n) is 3.96. The van der Waals surface area contributed by atoms with Crippen LogP contribution in [0, 0.1) is 6.92 Å². The third-order valence-corrected chi connectivity index (χ3v) is 3.02. The molecule has 3 heteroatoms. The van der Waals surface area contributed by atoms with Crippen LogP contribution in [-0.2, 0) is 10.2 Å². The van der Waals surface area contributed by atoms with Crippen LogP contribution in [0.25, 0.3) is 0 Å². The first kappa shape index (κ1) is 12.7. The number of carboxylic acid groups (broad SMARTS) is 1. The van der Waals surface area contributed by atoms with E-state index in [9.17, 15) is 4.79 Å². The van der Waals surface area contributed by atoms with Gasteiger partial charge in [-0.2, -0.15) is 0 Å². The lowest BCUT2D eigenvalue weighted by molar-refractivity contribution is -0.147. The van der Waals surface area contributed by atoms with E-state index in [1.54, 1.807) is 6.20 Å². The van der Waals surface area contributed by atoms with Gasteiger partial charge in [0, 0.05) is 6.20 Å². The van der Waals surface area contributed by atoms with Gasteiger partial charge in [-0.3, -0.25) is 9.78 Å². The van der Waals surface area contributed by atoms with Gasteiger partial charge < -0.3 is 5.11 Å². The molecule has 0 atom stereocenters. The van der Waals surface area contributed by atoms with Crippen molar-refractivity contribution < 1.29 is 9.90 Å². The van der Waals surface area contributed by atoms with Crippen LogP contribution in [-0.4, -0.2) is 16.1 Å². The average molecular weight is 221 g/mol. The smallest absolute Gasteiger partial charge is 0.315 e. The number of aromatic nitrogens is 1. The molecule has 1 N–H and O–H groups in total. The van der Waals surface area contributed by atoms with Crippen LogP contribution < -0.4 is 0 Å². The van der Waals surface area contributed by atoms with Crippen LogP contribution in [0.2, 0.25) is 0 Å². The molecule has 88 valence electrons. The molecule has 1 fully saturated rings. The molecule has 1 saturated carbocycles. The van der Waals surface area contributed by atoms with E-state index in [1.165, 1.54) is 0 Å². The fourth-order valence-electron chi connectivity index (χ4n) is 1.86. The zero-order chi connectivity index (χ0) is 12.2. The summed E-state index contributed by atoms with van der Waals surface area (Å²) in [5, 5.41) is 9.17. The number of hydrogen-bond donors (Lipinski definition) is 1. The Hall–Kier alpha value is -1.38. The van der Waals surface area contributed by atoms with E-state index in [4.69, 9.17) is 5.11 Å². The van der Waals surface area contributed by atoms with Crippen LogP contribution in [0.1, 0.15) is 44.4 Å². The van der Waals surface area contributed by atoms with Crippen LogP contribution in [0.3, 0.4) is 0 Å². The van der Waals surface area contributed by atoms with Gasteiger partial charge >= 0.3 is 5.97 Å². The van der Waals surface area contributed by atoms with E-state index in [-0.39, 0.29) is 0 Å². The van der Waals surface area contributed by atoms with E-state index >= 15 is 0 Å². The molecule has 0 spiro atoms. The Labute approximate surface area is 96.5 Å². The summed E-state index contributed by atoms with van der Waals surface area (Å²) in [7, 11) is 0. The van der Waals surface area contributed by atoms with Crippen molar-refractivity contribution in [2.24, 2.45) is 0 Å². The number of hydrogen-bond acceptors (Lipinski definition) is 2. The largest absolute Gasteiger partial charge is 0.481 e. The zero-order valence-corrected chi connectivity index (χ0v) is 10.2. The highest BCUT2D eigenvalue weighted by atomic mass is 16.4. The number of nitrogens with zero attached hydrogens (tertiary/aromatic N) is 1. The summed E-state index contributed by atoms with van der Waals surface area (Å²) in [5.41, 5.74) is 1.09. The fraction of sp³-hybridized carbons (Fsp3) is 0.538. The van der Waals surface area contributed by atoms with Gasteiger partial charge in [-0.25, -0.2) is 0 Å². The molecule has 0 aliphatic heterocycles. The molecular weight excluding hydrogens is 202 g/mol. The molecule has 1 heterocycles. The summed E-state index contributed by atoms with van der Waals surface area (Å²) >= 11 is 0. The molecule has 0 aromatic carbocycles. The van der Waals surface area contributed by atoms with Gasteiger partial charge in [0.25, 0.3) is 0 Å². The highest BCUT2D eigenvalue weighted by Gasteiger charge is 2.47. The minimum atomic E-state index is -0.736. The van der Waals surface area contributed by atoms with Crippen molar-refractivity contribution in [3.05, 3.63) is 29.6 Å². The van der Waals surface area contributed by atoms with E-state index in [2.05, 4.69) is 4.98 Å². The third kappa shape index (κ3) is 2.08. The maximum Gasteiger partial charge on any atom is 0.315 e. The molecular formula is C13H19NO2. The van der Waals surface area contributed by atoms with E-state index in [0.717, 1.165) is 24.8 Å². The molecule has 0 bridgehead atoms. The summed E-state index contributed by atoms with van der Waals surface area (Å²) in [4.78, 5) is 15.4. The second kappa shape index (κ2) is 5.10. The molecule has 16 heavy (non-hydrogen) atoms. The highest BCUT2D eigenvalue weighted by molar-refractivity contribution is 5.81. The SMILES string of the molecule is CC.Cc1ccc(C2(C(=O)O)CCC2)nc1. The quantitative estimate of drug-likeness (QED) is 0.835. The highest BCUT2D eigenvalue weighted by Crippen LogP contribution is 2.42. The maximum atomic E-state index is 11.1. The molecule has 0 radical (unpaired) electrons.